The Balaban J connectivity index is 1.61. The highest BCUT2D eigenvalue weighted by molar-refractivity contribution is 7.07. The van der Waals surface area contributed by atoms with E-state index < -0.39 is 0 Å². The summed E-state index contributed by atoms with van der Waals surface area (Å²) in [5, 5.41) is 22.0. The first kappa shape index (κ1) is 17.4. The molecule has 142 valence electrons. The number of nitrogens with zero attached hydrogens (tertiary/aromatic N) is 2. The Hall–Kier alpha value is -2.70. The van der Waals surface area contributed by atoms with Gasteiger partial charge in [-0.3, -0.25) is 0 Å². The molecule has 2 aliphatic heterocycles. The standard InChI is InChI=1S/C21H17ClN2O3S/c1-26-14-3-4-19(25)15(9-14)17-10-18-16-8-13(22)2-5-20(16)27-21(24(18)23-17)12-6-7-28-11-12/h2-9,11,18,21,25H,10H2,1H3/t18-,21-/m1/s1. The number of benzene rings is 2. The molecule has 0 saturated carbocycles. The predicted molar refractivity (Wildman–Crippen MR) is 110 cm³/mol. The van der Waals surface area contributed by atoms with E-state index in [9.17, 15) is 5.11 Å². The van der Waals surface area contributed by atoms with Crippen molar-refractivity contribution in [1.82, 2.24) is 5.01 Å². The summed E-state index contributed by atoms with van der Waals surface area (Å²) in [4.78, 5) is 0. The number of hydrazone groups is 1. The van der Waals surface area contributed by atoms with Crippen molar-refractivity contribution in [3.8, 4) is 17.2 Å². The van der Waals surface area contributed by atoms with Gasteiger partial charge < -0.3 is 14.6 Å². The lowest BCUT2D eigenvalue weighted by molar-refractivity contribution is -0.0187. The van der Waals surface area contributed by atoms with Crippen molar-refractivity contribution in [2.75, 3.05) is 7.11 Å². The summed E-state index contributed by atoms with van der Waals surface area (Å²) in [6.07, 6.45) is 0.313. The molecule has 0 unspecified atom stereocenters. The number of ether oxygens (including phenoxy) is 2. The summed E-state index contributed by atoms with van der Waals surface area (Å²) in [6.45, 7) is 0. The molecule has 0 fully saturated rings. The zero-order valence-corrected chi connectivity index (χ0v) is 16.6. The Bertz CT molecular complexity index is 1070. The van der Waals surface area contributed by atoms with Crippen LogP contribution in [0.1, 0.15) is 35.4 Å². The van der Waals surface area contributed by atoms with Crippen LogP contribution in [0.2, 0.25) is 5.02 Å². The van der Waals surface area contributed by atoms with Crippen molar-refractivity contribution < 1.29 is 14.6 Å². The summed E-state index contributed by atoms with van der Waals surface area (Å²) in [7, 11) is 1.61. The minimum atomic E-state index is -0.324. The lowest BCUT2D eigenvalue weighted by Gasteiger charge is -2.37. The Morgan fingerprint density at radius 3 is 2.93 bits per heavy atom. The van der Waals surface area contributed by atoms with Crippen LogP contribution in [0.4, 0.5) is 0 Å². The third-order valence-electron chi connectivity index (χ3n) is 5.09. The van der Waals surface area contributed by atoms with Crippen LogP contribution in [0.3, 0.4) is 0 Å². The molecular weight excluding hydrogens is 396 g/mol. The molecule has 2 atom stereocenters. The minimum Gasteiger partial charge on any atom is -0.507 e. The van der Waals surface area contributed by atoms with Gasteiger partial charge >= 0.3 is 0 Å². The van der Waals surface area contributed by atoms with Crippen LogP contribution in [-0.4, -0.2) is 22.9 Å². The van der Waals surface area contributed by atoms with Gasteiger partial charge in [-0.05, 0) is 53.2 Å². The van der Waals surface area contributed by atoms with Gasteiger partial charge in [0.05, 0.1) is 18.9 Å². The maximum Gasteiger partial charge on any atom is 0.214 e. The highest BCUT2D eigenvalue weighted by Gasteiger charge is 2.41. The Morgan fingerprint density at radius 2 is 2.14 bits per heavy atom. The van der Waals surface area contributed by atoms with Crippen molar-refractivity contribution in [3.63, 3.8) is 0 Å². The van der Waals surface area contributed by atoms with Gasteiger partial charge in [-0.1, -0.05) is 11.6 Å². The third-order valence-corrected chi connectivity index (χ3v) is 6.03. The number of aromatic hydroxyl groups is 1. The van der Waals surface area contributed by atoms with Crippen LogP contribution in [0.15, 0.2) is 58.3 Å². The van der Waals surface area contributed by atoms with E-state index in [0.29, 0.717) is 22.8 Å². The lowest BCUT2D eigenvalue weighted by atomic mass is 9.95. The number of phenolic OH excluding ortho intramolecular Hbond substituents is 1. The van der Waals surface area contributed by atoms with Crippen LogP contribution in [0.25, 0.3) is 0 Å². The number of phenols is 1. The van der Waals surface area contributed by atoms with E-state index in [2.05, 4.69) is 5.38 Å². The zero-order valence-electron chi connectivity index (χ0n) is 15.0. The lowest BCUT2D eigenvalue weighted by Crippen LogP contribution is -2.33. The summed E-state index contributed by atoms with van der Waals surface area (Å²) >= 11 is 7.88. The largest absolute Gasteiger partial charge is 0.507 e. The van der Waals surface area contributed by atoms with Gasteiger partial charge in [0.15, 0.2) is 0 Å². The van der Waals surface area contributed by atoms with Crippen molar-refractivity contribution in [1.29, 1.82) is 0 Å². The summed E-state index contributed by atoms with van der Waals surface area (Å²) < 4.78 is 11.6. The monoisotopic (exact) mass is 412 g/mol. The normalized spacial score (nSPS) is 20.2. The van der Waals surface area contributed by atoms with Gasteiger partial charge in [0.1, 0.15) is 17.2 Å². The average molecular weight is 413 g/mol. The van der Waals surface area contributed by atoms with Gasteiger partial charge in [-0.2, -0.15) is 16.4 Å². The maximum absolute atomic E-state index is 10.4. The van der Waals surface area contributed by atoms with E-state index in [0.717, 1.165) is 22.6 Å². The second-order valence-electron chi connectivity index (χ2n) is 6.74. The first-order chi connectivity index (χ1) is 13.6. The third kappa shape index (κ3) is 2.80. The van der Waals surface area contributed by atoms with E-state index in [1.807, 2.05) is 40.7 Å². The van der Waals surface area contributed by atoms with Crippen LogP contribution < -0.4 is 9.47 Å². The second-order valence-corrected chi connectivity index (χ2v) is 7.96. The number of hydrogen-bond acceptors (Lipinski definition) is 6. The molecule has 0 saturated heterocycles. The van der Waals surface area contributed by atoms with Gasteiger partial charge in [0.2, 0.25) is 6.23 Å². The molecule has 0 bridgehead atoms. The number of halogens is 1. The molecule has 5 nitrogen and oxygen atoms in total. The fourth-order valence-corrected chi connectivity index (χ4v) is 4.58. The molecule has 0 aliphatic carbocycles. The molecule has 2 aliphatic rings. The van der Waals surface area contributed by atoms with E-state index >= 15 is 0 Å². The molecule has 1 aromatic heterocycles. The van der Waals surface area contributed by atoms with Crippen molar-refractivity contribution in [3.05, 3.63) is 74.9 Å². The fraction of sp³-hybridized carbons (Fsp3) is 0.190. The molecule has 3 heterocycles. The summed E-state index contributed by atoms with van der Waals surface area (Å²) in [6, 6.07) is 12.9. The molecular formula is C21H17ClN2O3S. The smallest absolute Gasteiger partial charge is 0.214 e. The van der Waals surface area contributed by atoms with Crippen LogP contribution >= 0.6 is 22.9 Å². The fourth-order valence-electron chi connectivity index (χ4n) is 3.73. The first-order valence-corrected chi connectivity index (χ1v) is 10.2. The van der Waals surface area contributed by atoms with Crippen LogP contribution in [0, 0.1) is 0 Å². The highest BCUT2D eigenvalue weighted by Crippen LogP contribution is 2.49. The topological polar surface area (TPSA) is 54.3 Å². The van der Waals surface area contributed by atoms with Gasteiger partial charge in [-0.25, -0.2) is 5.01 Å². The van der Waals surface area contributed by atoms with E-state index in [-0.39, 0.29) is 18.0 Å². The van der Waals surface area contributed by atoms with Gasteiger partial charge in [0.25, 0.3) is 0 Å². The summed E-state index contributed by atoms with van der Waals surface area (Å²) in [5.74, 6) is 1.67. The molecule has 3 aromatic rings. The number of rotatable bonds is 3. The van der Waals surface area contributed by atoms with Crippen LogP contribution in [0.5, 0.6) is 17.2 Å². The van der Waals surface area contributed by atoms with E-state index in [1.54, 1.807) is 30.6 Å². The van der Waals surface area contributed by atoms with Crippen molar-refractivity contribution in [2.24, 2.45) is 5.10 Å². The molecule has 7 heteroatoms. The Kier molecular flexibility index (Phi) is 4.18. The minimum absolute atomic E-state index is 0.0204. The SMILES string of the molecule is COc1ccc(O)c(C2=NN3[C@H](C2)c2cc(Cl)ccc2O[C@@H]3c2ccsc2)c1. The highest BCUT2D eigenvalue weighted by atomic mass is 35.5. The Morgan fingerprint density at radius 1 is 1.25 bits per heavy atom. The van der Waals surface area contributed by atoms with E-state index in [1.165, 1.54) is 0 Å². The molecule has 0 amide bonds. The second kappa shape index (κ2) is 6.72. The Labute approximate surface area is 171 Å². The molecule has 5 rings (SSSR count). The molecule has 28 heavy (non-hydrogen) atoms. The number of hydrogen-bond donors (Lipinski definition) is 1. The molecule has 0 spiro atoms. The number of methoxy groups -OCH3 is 1. The van der Waals surface area contributed by atoms with E-state index in [4.69, 9.17) is 26.2 Å². The van der Waals surface area contributed by atoms with Crippen molar-refractivity contribution in [2.45, 2.75) is 18.7 Å². The molecule has 2 aromatic carbocycles. The number of thiophene rings is 1. The summed E-state index contributed by atoms with van der Waals surface area (Å²) in [5.41, 5.74) is 3.51. The molecule has 1 N–H and O–H groups in total. The average Bonchev–Trinajstić information content (AvgIpc) is 3.38. The number of fused-ring (bicyclic) bond motifs is 3. The zero-order chi connectivity index (χ0) is 19.3. The maximum atomic E-state index is 10.4. The van der Waals surface area contributed by atoms with Gasteiger partial charge in [0, 0.05) is 28.1 Å². The van der Waals surface area contributed by atoms with Crippen molar-refractivity contribution >= 4 is 28.6 Å². The van der Waals surface area contributed by atoms with Crippen LogP contribution in [-0.2, 0) is 0 Å². The van der Waals surface area contributed by atoms with Gasteiger partial charge in [-0.15, -0.1) is 0 Å². The molecule has 0 radical (unpaired) electrons. The predicted octanol–water partition coefficient (Wildman–Crippen LogP) is 5.36. The quantitative estimate of drug-likeness (QED) is 0.629. The first-order valence-electron chi connectivity index (χ1n) is 8.85.